The molecule has 0 spiro atoms. The SMILES string of the molecule is CCc1oc(C2(C)N=CC=N2)nc1-c1ccc(Cl)cc1. The van der Waals surface area contributed by atoms with Gasteiger partial charge < -0.3 is 4.42 Å². The van der Waals surface area contributed by atoms with Crippen molar-refractivity contribution in [1.29, 1.82) is 0 Å². The van der Waals surface area contributed by atoms with Crippen LogP contribution in [0.1, 0.15) is 25.5 Å². The fraction of sp³-hybridized carbons (Fsp3) is 0.267. The Bertz CT molecular complexity index is 674. The number of oxazole rings is 1. The van der Waals surface area contributed by atoms with E-state index in [4.69, 9.17) is 16.0 Å². The van der Waals surface area contributed by atoms with Crippen LogP contribution in [-0.2, 0) is 12.1 Å². The maximum atomic E-state index is 5.92. The first-order valence-corrected chi connectivity index (χ1v) is 6.85. The second kappa shape index (κ2) is 4.87. The summed E-state index contributed by atoms with van der Waals surface area (Å²) in [5.74, 6) is 1.35. The van der Waals surface area contributed by atoms with Crippen molar-refractivity contribution in [3.8, 4) is 11.3 Å². The van der Waals surface area contributed by atoms with Crippen LogP contribution in [0.2, 0.25) is 5.02 Å². The predicted molar refractivity (Wildman–Crippen MR) is 80.7 cm³/mol. The van der Waals surface area contributed by atoms with E-state index in [1.807, 2.05) is 38.1 Å². The highest BCUT2D eigenvalue weighted by molar-refractivity contribution is 6.30. The summed E-state index contributed by atoms with van der Waals surface area (Å²) < 4.78 is 5.86. The molecule has 20 heavy (non-hydrogen) atoms. The van der Waals surface area contributed by atoms with E-state index in [-0.39, 0.29) is 0 Å². The normalized spacial score (nSPS) is 15.9. The van der Waals surface area contributed by atoms with Gasteiger partial charge in [0, 0.05) is 29.4 Å². The third-order valence-corrected chi connectivity index (χ3v) is 3.51. The molecule has 1 aromatic heterocycles. The Morgan fingerprint density at radius 2 is 1.80 bits per heavy atom. The van der Waals surface area contributed by atoms with Crippen molar-refractivity contribution in [3.63, 3.8) is 0 Å². The van der Waals surface area contributed by atoms with Crippen LogP contribution in [-0.4, -0.2) is 17.4 Å². The van der Waals surface area contributed by atoms with E-state index >= 15 is 0 Å². The number of hydrogen-bond donors (Lipinski definition) is 0. The van der Waals surface area contributed by atoms with Crippen molar-refractivity contribution < 1.29 is 4.42 Å². The molecule has 0 atom stereocenters. The minimum Gasteiger partial charge on any atom is -0.441 e. The zero-order chi connectivity index (χ0) is 14.2. The highest BCUT2D eigenvalue weighted by atomic mass is 35.5. The maximum absolute atomic E-state index is 5.92. The lowest BCUT2D eigenvalue weighted by Crippen LogP contribution is -2.13. The molecule has 102 valence electrons. The standard InChI is InChI=1S/C15H14ClN3O/c1-3-12-13(10-4-6-11(16)7-5-10)19-14(20-12)15(2)17-8-9-18-15/h4-9H,3H2,1-2H3. The van der Waals surface area contributed by atoms with Crippen molar-refractivity contribution in [1.82, 2.24) is 4.98 Å². The summed E-state index contributed by atoms with van der Waals surface area (Å²) in [5, 5.41) is 0.701. The lowest BCUT2D eigenvalue weighted by atomic mass is 10.1. The molecule has 0 saturated carbocycles. The van der Waals surface area contributed by atoms with Gasteiger partial charge in [-0.25, -0.2) is 4.98 Å². The first-order chi connectivity index (χ1) is 9.62. The van der Waals surface area contributed by atoms with Crippen LogP contribution < -0.4 is 0 Å². The summed E-state index contributed by atoms with van der Waals surface area (Å²) in [6.07, 6.45) is 4.09. The molecule has 0 aliphatic carbocycles. The molecule has 0 N–H and O–H groups in total. The lowest BCUT2D eigenvalue weighted by molar-refractivity contribution is 0.358. The average Bonchev–Trinajstić information content (AvgIpc) is 3.07. The Balaban J connectivity index is 2.07. The maximum Gasteiger partial charge on any atom is 0.245 e. The van der Waals surface area contributed by atoms with Crippen LogP contribution in [0.15, 0.2) is 38.7 Å². The van der Waals surface area contributed by atoms with E-state index in [1.165, 1.54) is 0 Å². The molecule has 1 aliphatic rings. The number of hydrogen-bond acceptors (Lipinski definition) is 4. The minimum atomic E-state index is -0.741. The van der Waals surface area contributed by atoms with Crippen LogP contribution in [0.3, 0.4) is 0 Å². The van der Waals surface area contributed by atoms with Gasteiger partial charge in [0.05, 0.1) is 0 Å². The number of rotatable bonds is 3. The van der Waals surface area contributed by atoms with Gasteiger partial charge in [-0.3, -0.25) is 9.98 Å². The first-order valence-electron chi connectivity index (χ1n) is 6.47. The van der Waals surface area contributed by atoms with Gasteiger partial charge in [-0.15, -0.1) is 0 Å². The van der Waals surface area contributed by atoms with Gasteiger partial charge in [0.1, 0.15) is 11.5 Å². The number of nitrogens with zero attached hydrogens (tertiary/aromatic N) is 3. The molecule has 0 bridgehead atoms. The van der Waals surface area contributed by atoms with Gasteiger partial charge in [-0.05, 0) is 19.1 Å². The van der Waals surface area contributed by atoms with Gasteiger partial charge in [0.15, 0.2) is 0 Å². The number of aryl methyl sites for hydroxylation is 1. The van der Waals surface area contributed by atoms with Crippen molar-refractivity contribution >= 4 is 24.0 Å². The topological polar surface area (TPSA) is 50.8 Å². The van der Waals surface area contributed by atoms with Crippen LogP contribution >= 0.6 is 11.6 Å². The van der Waals surface area contributed by atoms with Crippen molar-refractivity contribution in [2.24, 2.45) is 9.98 Å². The summed E-state index contributed by atoms with van der Waals surface area (Å²) in [5.41, 5.74) is 1.07. The molecule has 2 heterocycles. The Morgan fingerprint density at radius 3 is 2.40 bits per heavy atom. The predicted octanol–water partition coefficient (Wildman–Crippen LogP) is 3.89. The molecule has 3 rings (SSSR count). The zero-order valence-corrected chi connectivity index (χ0v) is 12.1. The van der Waals surface area contributed by atoms with E-state index in [0.29, 0.717) is 10.9 Å². The molecule has 0 unspecified atom stereocenters. The fourth-order valence-corrected chi connectivity index (χ4v) is 2.25. The average molecular weight is 288 g/mol. The lowest BCUT2D eigenvalue weighted by Gasteiger charge is -2.11. The molecule has 0 fully saturated rings. The highest BCUT2D eigenvalue weighted by Gasteiger charge is 2.33. The Labute approximate surface area is 122 Å². The van der Waals surface area contributed by atoms with Gasteiger partial charge in [-0.1, -0.05) is 30.7 Å². The van der Waals surface area contributed by atoms with E-state index in [2.05, 4.69) is 15.0 Å². The quantitative estimate of drug-likeness (QED) is 0.860. The van der Waals surface area contributed by atoms with E-state index in [1.54, 1.807) is 12.4 Å². The molecule has 1 aromatic carbocycles. The summed E-state index contributed by atoms with van der Waals surface area (Å²) in [4.78, 5) is 13.2. The highest BCUT2D eigenvalue weighted by Crippen LogP contribution is 2.33. The number of halogens is 1. The van der Waals surface area contributed by atoms with Crippen molar-refractivity contribution in [2.45, 2.75) is 25.9 Å². The summed E-state index contributed by atoms with van der Waals surface area (Å²) >= 11 is 5.92. The number of aromatic nitrogens is 1. The Morgan fingerprint density at radius 1 is 1.15 bits per heavy atom. The molecule has 2 aromatic rings. The minimum absolute atomic E-state index is 0.518. The number of benzene rings is 1. The third kappa shape index (κ3) is 2.16. The smallest absolute Gasteiger partial charge is 0.245 e. The largest absolute Gasteiger partial charge is 0.441 e. The molecule has 4 nitrogen and oxygen atoms in total. The van der Waals surface area contributed by atoms with E-state index < -0.39 is 5.66 Å². The van der Waals surface area contributed by atoms with E-state index in [0.717, 1.165) is 23.4 Å². The van der Waals surface area contributed by atoms with Gasteiger partial charge in [-0.2, -0.15) is 0 Å². The van der Waals surface area contributed by atoms with Crippen molar-refractivity contribution in [2.75, 3.05) is 0 Å². The molecule has 0 saturated heterocycles. The van der Waals surface area contributed by atoms with Crippen LogP contribution in [0.25, 0.3) is 11.3 Å². The second-order valence-corrected chi connectivity index (χ2v) is 5.16. The van der Waals surface area contributed by atoms with Gasteiger partial charge in [0.2, 0.25) is 11.6 Å². The first kappa shape index (κ1) is 13.1. The van der Waals surface area contributed by atoms with Crippen LogP contribution in [0.4, 0.5) is 0 Å². The molecular weight excluding hydrogens is 274 g/mol. The molecule has 1 aliphatic heterocycles. The van der Waals surface area contributed by atoms with Crippen LogP contribution in [0.5, 0.6) is 0 Å². The summed E-state index contributed by atoms with van der Waals surface area (Å²) in [7, 11) is 0. The van der Waals surface area contributed by atoms with E-state index in [9.17, 15) is 0 Å². The fourth-order valence-electron chi connectivity index (χ4n) is 2.13. The van der Waals surface area contributed by atoms with Crippen LogP contribution in [0, 0.1) is 0 Å². The monoisotopic (exact) mass is 287 g/mol. The third-order valence-electron chi connectivity index (χ3n) is 3.26. The zero-order valence-electron chi connectivity index (χ0n) is 11.3. The second-order valence-electron chi connectivity index (χ2n) is 4.73. The van der Waals surface area contributed by atoms with Gasteiger partial charge in [0.25, 0.3) is 0 Å². The molecule has 0 amide bonds. The molecule has 5 heteroatoms. The van der Waals surface area contributed by atoms with Gasteiger partial charge >= 0.3 is 0 Å². The molecular formula is C15H14ClN3O. The summed E-state index contributed by atoms with van der Waals surface area (Å²) in [6, 6.07) is 7.57. The van der Waals surface area contributed by atoms with Crippen molar-refractivity contribution in [3.05, 3.63) is 40.9 Å². The Kier molecular flexibility index (Phi) is 3.18. The summed E-state index contributed by atoms with van der Waals surface area (Å²) in [6.45, 7) is 3.91. The Hall–Kier alpha value is -1.94. The number of aliphatic imine (C=N–C) groups is 2. The molecule has 0 radical (unpaired) electrons.